The van der Waals surface area contributed by atoms with Gasteiger partial charge in [0, 0.05) is 12.5 Å². The molecule has 1 amide bonds. The van der Waals surface area contributed by atoms with Gasteiger partial charge in [-0.3, -0.25) is 4.79 Å². The smallest absolute Gasteiger partial charge is 0.223 e. The molecule has 1 heterocycles. The third-order valence-electron chi connectivity index (χ3n) is 4.81. The van der Waals surface area contributed by atoms with Gasteiger partial charge in [-0.15, -0.1) is 0 Å². The van der Waals surface area contributed by atoms with Gasteiger partial charge >= 0.3 is 0 Å². The SMILES string of the molecule is O=C(NCCC1CCCNC1)C(C1CC1)C1CC1. The highest BCUT2D eigenvalue weighted by molar-refractivity contribution is 5.80. The molecule has 0 aromatic carbocycles. The first-order valence-electron chi connectivity index (χ1n) is 7.83. The number of carbonyl (C=O) groups is 1. The van der Waals surface area contributed by atoms with Crippen molar-refractivity contribution in [2.75, 3.05) is 19.6 Å². The average molecular weight is 250 g/mol. The van der Waals surface area contributed by atoms with E-state index in [-0.39, 0.29) is 0 Å². The van der Waals surface area contributed by atoms with E-state index in [1.54, 1.807) is 0 Å². The minimum atomic E-state index is 0.365. The van der Waals surface area contributed by atoms with Crippen LogP contribution in [0.2, 0.25) is 0 Å². The molecular formula is C15H26N2O. The maximum Gasteiger partial charge on any atom is 0.223 e. The molecule has 0 aromatic heterocycles. The predicted molar refractivity (Wildman–Crippen MR) is 72.2 cm³/mol. The fraction of sp³-hybridized carbons (Fsp3) is 0.933. The van der Waals surface area contributed by atoms with Crippen molar-refractivity contribution in [1.82, 2.24) is 10.6 Å². The zero-order valence-corrected chi connectivity index (χ0v) is 11.3. The summed E-state index contributed by atoms with van der Waals surface area (Å²) in [5, 5.41) is 6.65. The Morgan fingerprint density at radius 2 is 1.89 bits per heavy atom. The Bertz CT molecular complexity index is 279. The fourth-order valence-corrected chi connectivity index (χ4v) is 3.41. The van der Waals surface area contributed by atoms with Crippen LogP contribution in [0.25, 0.3) is 0 Å². The maximum atomic E-state index is 12.2. The van der Waals surface area contributed by atoms with Crippen molar-refractivity contribution in [2.45, 2.75) is 44.9 Å². The van der Waals surface area contributed by atoms with E-state index in [4.69, 9.17) is 0 Å². The Labute approximate surface area is 110 Å². The minimum Gasteiger partial charge on any atom is -0.356 e. The lowest BCUT2D eigenvalue weighted by atomic mass is 9.95. The van der Waals surface area contributed by atoms with Crippen LogP contribution in [0.15, 0.2) is 0 Å². The van der Waals surface area contributed by atoms with Crippen molar-refractivity contribution in [2.24, 2.45) is 23.7 Å². The van der Waals surface area contributed by atoms with E-state index < -0.39 is 0 Å². The topological polar surface area (TPSA) is 41.1 Å². The molecule has 1 unspecified atom stereocenters. The summed E-state index contributed by atoms with van der Waals surface area (Å²) >= 11 is 0. The van der Waals surface area contributed by atoms with Crippen molar-refractivity contribution in [3.63, 3.8) is 0 Å². The monoisotopic (exact) mass is 250 g/mol. The fourth-order valence-electron chi connectivity index (χ4n) is 3.41. The van der Waals surface area contributed by atoms with Gasteiger partial charge < -0.3 is 10.6 Å². The third kappa shape index (κ3) is 3.25. The predicted octanol–water partition coefficient (Wildman–Crippen LogP) is 1.93. The molecule has 18 heavy (non-hydrogen) atoms. The number of piperidine rings is 1. The van der Waals surface area contributed by atoms with Crippen LogP contribution < -0.4 is 10.6 Å². The number of hydrogen-bond acceptors (Lipinski definition) is 2. The van der Waals surface area contributed by atoms with E-state index >= 15 is 0 Å². The second kappa shape index (κ2) is 5.60. The average Bonchev–Trinajstić information content (AvgIpc) is 3.25. The Kier molecular flexibility index (Phi) is 3.88. The Morgan fingerprint density at radius 1 is 1.17 bits per heavy atom. The Morgan fingerprint density at radius 3 is 2.44 bits per heavy atom. The molecule has 102 valence electrons. The van der Waals surface area contributed by atoms with Gasteiger partial charge in [-0.25, -0.2) is 0 Å². The van der Waals surface area contributed by atoms with Gasteiger partial charge in [0.05, 0.1) is 0 Å². The summed E-state index contributed by atoms with van der Waals surface area (Å²) in [4.78, 5) is 12.2. The van der Waals surface area contributed by atoms with E-state index in [1.807, 2.05) is 0 Å². The molecule has 0 aromatic rings. The van der Waals surface area contributed by atoms with E-state index in [0.29, 0.717) is 11.8 Å². The van der Waals surface area contributed by atoms with Gasteiger partial charge in [-0.05, 0) is 75.8 Å². The molecule has 0 bridgehead atoms. The van der Waals surface area contributed by atoms with E-state index in [2.05, 4.69) is 10.6 Å². The summed E-state index contributed by atoms with van der Waals surface area (Å²) in [7, 11) is 0. The van der Waals surface area contributed by atoms with Crippen LogP contribution in [0.4, 0.5) is 0 Å². The summed E-state index contributed by atoms with van der Waals surface area (Å²) in [5.41, 5.74) is 0. The van der Waals surface area contributed by atoms with Crippen LogP contribution in [-0.4, -0.2) is 25.5 Å². The standard InChI is InChI=1S/C15H26N2O/c18-15(14(12-3-4-12)13-5-6-13)17-9-7-11-2-1-8-16-10-11/h11-14,16H,1-10H2,(H,17,18). The van der Waals surface area contributed by atoms with Crippen molar-refractivity contribution in [3.8, 4) is 0 Å². The van der Waals surface area contributed by atoms with Crippen LogP contribution >= 0.6 is 0 Å². The van der Waals surface area contributed by atoms with Crippen LogP contribution in [0.1, 0.15) is 44.9 Å². The van der Waals surface area contributed by atoms with Crippen LogP contribution in [0, 0.1) is 23.7 Å². The lowest BCUT2D eigenvalue weighted by molar-refractivity contribution is -0.126. The highest BCUT2D eigenvalue weighted by Gasteiger charge is 2.45. The molecule has 2 saturated carbocycles. The highest BCUT2D eigenvalue weighted by Crippen LogP contribution is 2.49. The van der Waals surface area contributed by atoms with Crippen LogP contribution in [-0.2, 0) is 4.79 Å². The Hall–Kier alpha value is -0.570. The quantitative estimate of drug-likeness (QED) is 0.756. The number of rotatable bonds is 6. The third-order valence-corrected chi connectivity index (χ3v) is 4.81. The first-order chi connectivity index (χ1) is 8.84. The van der Waals surface area contributed by atoms with Gasteiger partial charge in [0.15, 0.2) is 0 Å². The van der Waals surface area contributed by atoms with Crippen molar-refractivity contribution < 1.29 is 4.79 Å². The van der Waals surface area contributed by atoms with Crippen molar-refractivity contribution >= 4 is 5.91 Å². The molecule has 3 aliphatic rings. The summed E-state index contributed by atoms with van der Waals surface area (Å²) in [6, 6.07) is 0. The molecule has 3 rings (SSSR count). The largest absolute Gasteiger partial charge is 0.356 e. The molecule has 2 N–H and O–H groups in total. The molecule has 3 nitrogen and oxygen atoms in total. The molecule has 0 spiro atoms. The van der Waals surface area contributed by atoms with Gasteiger partial charge in [0.25, 0.3) is 0 Å². The van der Waals surface area contributed by atoms with Crippen LogP contribution in [0.3, 0.4) is 0 Å². The first-order valence-corrected chi connectivity index (χ1v) is 7.83. The number of hydrogen-bond donors (Lipinski definition) is 2. The number of nitrogens with one attached hydrogen (secondary N) is 2. The molecule has 1 aliphatic heterocycles. The molecule has 3 heteroatoms. The van der Waals surface area contributed by atoms with E-state index in [1.165, 1.54) is 45.1 Å². The highest BCUT2D eigenvalue weighted by atomic mass is 16.1. The summed E-state index contributed by atoms with van der Waals surface area (Å²) in [6.07, 6.45) is 8.95. The molecule has 0 radical (unpaired) electrons. The summed E-state index contributed by atoms with van der Waals surface area (Å²) in [5.74, 6) is 2.97. The lowest BCUT2D eigenvalue weighted by Crippen LogP contribution is -2.36. The Balaban J connectivity index is 1.37. The molecule has 1 saturated heterocycles. The van der Waals surface area contributed by atoms with Gasteiger partial charge in [0.2, 0.25) is 5.91 Å². The van der Waals surface area contributed by atoms with Gasteiger partial charge in [0.1, 0.15) is 0 Å². The second-order valence-electron chi connectivity index (χ2n) is 6.49. The summed E-state index contributed by atoms with van der Waals surface area (Å²) in [6.45, 7) is 3.21. The molecular weight excluding hydrogens is 224 g/mol. The minimum absolute atomic E-state index is 0.365. The van der Waals surface area contributed by atoms with E-state index in [0.717, 1.165) is 37.3 Å². The molecule has 2 aliphatic carbocycles. The normalized spacial score (nSPS) is 28.4. The van der Waals surface area contributed by atoms with Gasteiger partial charge in [-0.2, -0.15) is 0 Å². The first kappa shape index (κ1) is 12.5. The maximum absolute atomic E-state index is 12.2. The zero-order chi connectivity index (χ0) is 12.4. The molecule has 1 atom stereocenters. The number of carbonyl (C=O) groups excluding carboxylic acids is 1. The van der Waals surface area contributed by atoms with Gasteiger partial charge in [-0.1, -0.05) is 0 Å². The zero-order valence-electron chi connectivity index (χ0n) is 11.3. The lowest BCUT2D eigenvalue weighted by Gasteiger charge is -2.23. The number of amides is 1. The van der Waals surface area contributed by atoms with E-state index in [9.17, 15) is 4.79 Å². The van der Waals surface area contributed by atoms with Crippen LogP contribution in [0.5, 0.6) is 0 Å². The second-order valence-corrected chi connectivity index (χ2v) is 6.49. The van der Waals surface area contributed by atoms with Crippen molar-refractivity contribution in [1.29, 1.82) is 0 Å². The van der Waals surface area contributed by atoms with Crippen molar-refractivity contribution in [3.05, 3.63) is 0 Å². The summed E-state index contributed by atoms with van der Waals surface area (Å²) < 4.78 is 0. The molecule has 3 fully saturated rings.